The zero-order chi connectivity index (χ0) is 15.9. The molecule has 1 aromatic carbocycles. The molecule has 2 aromatic rings. The van der Waals surface area contributed by atoms with Crippen LogP contribution in [-0.4, -0.2) is 17.6 Å². The predicted octanol–water partition coefficient (Wildman–Crippen LogP) is 4.63. The molecule has 1 N–H and O–H groups in total. The molecular formula is C21H22N2O. The molecule has 3 heteroatoms. The highest BCUT2D eigenvalue weighted by molar-refractivity contribution is 5.88. The lowest BCUT2D eigenvalue weighted by atomic mass is 9.73. The Hall–Kier alpha value is -2.13. The Kier molecular flexibility index (Phi) is 3.41. The summed E-state index contributed by atoms with van der Waals surface area (Å²) in [4.78, 5) is 4.53. The second-order valence-electron chi connectivity index (χ2n) is 7.08. The summed E-state index contributed by atoms with van der Waals surface area (Å²) in [6.07, 6.45) is 14.5. The van der Waals surface area contributed by atoms with Crippen LogP contribution in [0.1, 0.15) is 30.9 Å². The first kappa shape index (κ1) is 14.2. The van der Waals surface area contributed by atoms with E-state index in [2.05, 4.69) is 52.8 Å². The minimum atomic E-state index is 0.187. The lowest BCUT2D eigenvalue weighted by Crippen LogP contribution is -2.45. The van der Waals surface area contributed by atoms with Crippen LogP contribution in [0.15, 0.2) is 54.8 Å². The van der Waals surface area contributed by atoms with E-state index in [9.17, 15) is 0 Å². The van der Waals surface area contributed by atoms with E-state index in [0.29, 0.717) is 17.9 Å². The number of rotatable bonds is 1. The van der Waals surface area contributed by atoms with E-state index >= 15 is 0 Å². The number of ether oxygens (including phenoxy) is 1. The van der Waals surface area contributed by atoms with Crippen molar-refractivity contribution in [2.24, 2.45) is 11.8 Å². The van der Waals surface area contributed by atoms with Crippen molar-refractivity contribution in [1.82, 2.24) is 4.98 Å². The Morgan fingerprint density at radius 3 is 3.08 bits per heavy atom. The zero-order valence-corrected chi connectivity index (χ0v) is 13.7. The molecule has 1 saturated heterocycles. The van der Waals surface area contributed by atoms with E-state index in [-0.39, 0.29) is 6.10 Å². The molecule has 0 spiro atoms. The largest absolute Gasteiger partial charge is 0.381 e. The lowest BCUT2D eigenvalue weighted by molar-refractivity contribution is -0.0409. The Labute approximate surface area is 142 Å². The van der Waals surface area contributed by atoms with Gasteiger partial charge in [0.25, 0.3) is 0 Å². The number of hydrogen-bond acceptors (Lipinski definition) is 3. The van der Waals surface area contributed by atoms with Crippen LogP contribution in [0.25, 0.3) is 10.9 Å². The number of allylic oxidation sites excluding steroid dienone is 3. The molecule has 3 aliphatic rings. The summed E-state index contributed by atoms with van der Waals surface area (Å²) in [6, 6.07) is 8.97. The van der Waals surface area contributed by atoms with Crippen LogP contribution in [0.4, 0.5) is 5.69 Å². The highest BCUT2D eigenvalue weighted by atomic mass is 16.5. The first-order chi connectivity index (χ1) is 11.9. The van der Waals surface area contributed by atoms with Gasteiger partial charge in [0.2, 0.25) is 0 Å². The number of benzene rings is 1. The fourth-order valence-corrected chi connectivity index (χ4v) is 4.65. The van der Waals surface area contributed by atoms with E-state index in [1.54, 1.807) is 0 Å². The molecule has 24 heavy (non-hydrogen) atoms. The number of fused-ring (bicyclic) bond motifs is 5. The summed E-state index contributed by atoms with van der Waals surface area (Å²) in [5.74, 6) is 1.07. The highest BCUT2D eigenvalue weighted by Gasteiger charge is 2.42. The van der Waals surface area contributed by atoms with Gasteiger partial charge in [-0.2, -0.15) is 0 Å². The van der Waals surface area contributed by atoms with Crippen LogP contribution in [-0.2, 0) is 4.74 Å². The van der Waals surface area contributed by atoms with Crippen molar-refractivity contribution < 1.29 is 4.74 Å². The van der Waals surface area contributed by atoms with Gasteiger partial charge in [0.05, 0.1) is 11.6 Å². The van der Waals surface area contributed by atoms with E-state index < -0.39 is 0 Å². The Morgan fingerprint density at radius 1 is 1.17 bits per heavy atom. The Bertz CT molecular complexity index is 826. The standard InChI is InChI=1S/C21H22N2O/c1-2-6-14(7-3-1)20-16-9-5-13-24-21(16)19-15-8-4-12-22-17(15)10-11-18(19)23-20/h1-4,6,8,10-12,14,16,20-21,23H,5,7,9,13H2/t14?,16-,20+,21-/m0/s1. The van der Waals surface area contributed by atoms with Crippen molar-refractivity contribution in [3.05, 3.63) is 60.3 Å². The third-order valence-electron chi connectivity index (χ3n) is 5.74. The van der Waals surface area contributed by atoms with Gasteiger partial charge in [0, 0.05) is 47.3 Å². The monoisotopic (exact) mass is 318 g/mol. The van der Waals surface area contributed by atoms with Gasteiger partial charge in [-0.3, -0.25) is 4.98 Å². The van der Waals surface area contributed by atoms with Gasteiger partial charge in [0.1, 0.15) is 0 Å². The SMILES string of the molecule is C1=CCC([C@H]2Nc3ccc4ncccc4c3[C@H]3OCCC[C@H]32)C=C1. The quantitative estimate of drug-likeness (QED) is 0.832. The number of anilines is 1. The molecule has 3 nitrogen and oxygen atoms in total. The third kappa shape index (κ3) is 2.19. The summed E-state index contributed by atoms with van der Waals surface area (Å²) < 4.78 is 6.33. The van der Waals surface area contributed by atoms with Gasteiger partial charge in [0.15, 0.2) is 0 Å². The van der Waals surface area contributed by atoms with Crippen LogP contribution in [0.3, 0.4) is 0 Å². The van der Waals surface area contributed by atoms with Gasteiger partial charge in [-0.15, -0.1) is 0 Å². The second-order valence-corrected chi connectivity index (χ2v) is 7.08. The third-order valence-corrected chi connectivity index (χ3v) is 5.74. The minimum absolute atomic E-state index is 0.187. The van der Waals surface area contributed by atoms with Crippen LogP contribution in [0.2, 0.25) is 0 Å². The fraction of sp³-hybridized carbons (Fsp3) is 0.381. The second kappa shape index (κ2) is 5.75. The summed E-state index contributed by atoms with van der Waals surface area (Å²) in [7, 11) is 0. The van der Waals surface area contributed by atoms with Gasteiger partial charge in [-0.05, 0) is 37.5 Å². The topological polar surface area (TPSA) is 34.2 Å². The van der Waals surface area contributed by atoms with Crippen molar-refractivity contribution in [3.8, 4) is 0 Å². The maximum atomic E-state index is 6.33. The number of nitrogens with zero attached hydrogens (tertiary/aromatic N) is 1. The van der Waals surface area contributed by atoms with Gasteiger partial charge in [-0.1, -0.05) is 30.4 Å². The number of pyridine rings is 1. The Morgan fingerprint density at radius 2 is 2.17 bits per heavy atom. The van der Waals surface area contributed by atoms with Crippen molar-refractivity contribution in [2.75, 3.05) is 11.9 Å². The smallest absolute Gasteiger partial charge is 0.0899 e. The molecule has 0 saturated carbocycles. The normalized spacial score (nSPS) is 31.3. The molecule has 5 rings (SSSR count). The minimum Gasteiger partial charge on any atom is -0.381 e. The molecule has 1 aromatic heterocycles. The van der Waals surface area contributed by atoms with Gasteiger partial charge >= 0.3 is 0 Å². The Balaban J connectivity index is 1.63. The molecule has 1 fully saturated rings. The first-order valence-electron chi connectivity index (χ1n) is 9.01. The maximum absolute atomic E-state index is 6.33. The van der Waals surface area contributed by atoms with E-state index in [4.69, 9.17) is 4.74 Å². The molecule has 3 heterocycles. The molecular weight excluding hydrogens is 296 g/mol. The van der Waals surface area contributed by atoms with E-state index in [0.717, 1.165) is 25.0 Å². The highest BCUT2D eigenvalue weighted by Crippen LogP contribution is 2.48. The van der Waals surface area contributed by atoms with Crippen molar-refractivity contribution in [2.45, 2.75) is 31.4 Å². The maximum Gasteiger partial charge on any atom is 0.0899 e. The van der Waals surface area contributed by atoms with Crippen molar-refractivity contribution in [3.63, 3.8) is 0 Å². The molecule has 1 unspecified atom stereocenters. The summed E-state index contributed by atoms with van der Waals surface area (Å²) in [6.45, 7) is 0.865. The fourth-order valence-electron chi connectivity index (χ4n) is 4.65. The van der Waals surface area contributed by atoms with E-state index in [1.165, 1.54) is 23.1 Å². The molecule has 0 radical (unpaired) electrons. The van der Waals surface area contributed by atoms with Crippen LogP contribution in [0, 0.1) is 11.8 Å². The number of nitrogens with one attached hydrogen (secondary N) is 1. The van der Waals surface area contributed by atoms with Gasteiger partial charge < -0.3 is 10.1 Å². The van der Waals surface area contributed by atoms with Crippen molar-refractivity contribution >= 4 is 16.6 Å². The molecule has 122 valence electrons. The molecule has 0 amide bonds. The molecule has 1 aliphatic carbocycles. The van der Waals surface area contributed by atoms with Gasteiger partial charge in [-0.25, -0.2) is 0 Å². The predicted molar refractivity (Wildman–Crippen MR) is 97.0 cm³/mol. The average Bonchev–Trinajstić information content (AvgIpc) is 2.67. The van der Waals surface area contributed by atoms with E-state index in [1.807, 2.05) is 12.3 Å². The summed E-state index contributed by atoms with van der Waals surface area (Å²) in [5.41, 5.74) is 3.61. The zero-order valence-electron chi connectivity index (χ0n) is 13.7. The molecule has 0 bridgehead atoms. The van der Waals surface area contributed by atoms with Crippen LogP contribution in [0.5, 0.6) is 0 Å². The lowest BCUT2D eigenvalue weighted by Gasteiger charge is -2.46. The summed E-state index contributed by atoms with van der Waals surface area (Å²) in [5, 5.41) is 5.10. The average molecular weight is 318 g/mol. The number of hydrogen-bond donors (Lipinski definition) is 1. The first-order valence-corrected chi connectivity index (χ1v) is 9.01. The number of aromatic nitrogens is 1. The summed E-state index contributed by atoms with van der Waals surface area (Å²) >= 11 is 0. The molecule has 4 atom stereocenters. The van der Waals surface area contributed by atoms with Crippen LogP contribution >= 0.6 is 0 Å². The van der Waals surface area contributed by atoms with Crippen LogP contribution < -0.4 is 5.32 Å². The van der Waals surface area contributed by atoms with Crippen molar-refractivity contribution in [1.29, 1.82) is 0 Å². The molecule has 2 aliphatic heterocycles.